The fourth-order valence-corrected chi connectivity index (χ4v) is 3.54. The summed E-state index contributed by atoms with van der Waals surface area (Å²) in [7, 11) is 0. The molecular weight excluding hydrogens is 260 g/mol. The van der Waals surface area contributed by atoms with Gasteiger partial charge in [-0.2, -0.15) is 0 Å². The summed E-state index contributed by atoms with van der Waals surface area (Å²) in [5.41, 5.74) is -2.46. The normalized spacial score (nSPS) is 27.4. The summed E-state index contributed by atoms with van der Waals surface area (Å²) in [5, 5.41) is 2.23. The van der Waals surface area contributed by atoms with Crippen LogP contribution in [0.1, 0.15) is 46.5 Å². The first kappa shape index (κ1) is 13.3. The van der Waals surface area contributed by atoms with Crippen molar-refractivity contribution in [2.45, 2.75) is 52.0 Å². The average molecular weight is 278 g/mol. The van der Waals surface area contributed by atoms with Gasteiger partial charge in [-0.05, 0) is 46.5 Å². The van der Waals surface area contributed by atoms with Crippen LogP contribution in [0.15, 0.2) is 0 Å². The molecule has 3 fully saturated rings. The summed E-state index contributed by atoms with van der Waals surface area (Å²) in [5.74, 6) is -0.831. The molecule has 20 heavy (non-hydrogen) atoms. The monoisotopic (exact) mass is 278 g/mol. The zero-order valence-corrected chi connectivity index (χ0v) is 11.9. The molecule has 1 saturated carbocycles. The Hall–Kier alpha value is -1.72. The van der Waals surface area contributed by atoms with Crippen LogP contribution in [0, 0.1) is 10.8 Å². The van der Waals surface area contributed by atoms with Crippen LogP contribution in [0.5, 0.6) is 0 Å². The molecule has 6 heteroatoms. The van der Waals surface area contributed by atoms with Crippen LogP contribution in [-0.4, -0.2) is 34.1 Å². The van der Waals surface area contributed by atoms with Gasteiger partial charge in [-0.1, -0.05) is 0 Å². The Kier molecular flexibility index (Phi) is 2.31. The number of hydrogen-bond acceptors (Lipinski definition) is 4. The van der Waals surface area contributed by atoms with Gasteiger partial charge in [0.2, 0.25) is 23.6 Å². The molecule has 108 valence electrons. The zero-order valence-electron chi connectivity index (χ0n) is 11.9. The van der Waals surface area contributed by atoms with E-state index in [1.54, 1.807) is 0 Å². The van der Waals surface area contributed by atoms with E-state index in [1.807, 2.05) is 20.8 Å². The lowest BCUT2D eigenvalue weighted by molar-refractivity contribution is -0.192. The number of carbonyl (C=O) groups excluding carboxylic acids is 4. The van der Waals surface area contributed by atoms with Crippen molar-refractivity contribution in [3.8, 4) is 0 Å². The Labute approximate surface area is 116 Å². The molecule has 6 nitrogen and oxygen atoms in total. The Balaban J connectivity index is 1.79. The van der Waals surface area contributed by atoms with Gasteiger partial charge in [0.1, 0.15) is 10.8 Å². The zero-order chi connectivity index (χ0) is 14.9. The average Bonchev–Trinajstić information content (AvgIpc) is 2.37. The minimum absolute atomic E-state index is 0.156. The second-order valence-corrected chi connectivity index (χ2v) is 7.06. The molecule has 3 rings (SSSR count). The Morgan fingerprint density at radius 2 is 1.25 bits per heavy atom. The predicted octanol–water partition coefficient (Wildman–Crippen LogP) is 0.357. The number of likely N-dealkylation sites (tertiary alicyclic amines) is 1. The molecule has 1 aliphatic carbocycles. The first-order valence-corrected chi connectivity index (χ1v) is 6.90. The minimum Gasteiger partial charge on any atom is -0.295 e. The third-order valence-electron chi connectivity index (χ3n) is 4.95. The van der Waals surface area contributed by atoms with Crippen molar-refractivity contribution in [3.05, 3.63) is 0 Å². The summed E-state index contributed by atoms with van der Waals surface area (Å²) in [6.07, 6.45) is 1.20. The third kappa shape index (κ3) is 1.29. The van der Waals surface area contributed by atoms with E-state index in [4.69, 9.17) is 0 Å². The van der Waals surface area contributed by atoms with Crippen molar-refractivity contribution in [2.24, 2.45) is 10.8 Å². The number of hydrogen-bond donors (Lipinski definition) is 1. The molecular formula is C14H18N2O4. The largest absolute Gasteiger partial charge is 0.295 e. The van der Waals surface area contributed by atoms with E-state index in [2.05, 4.69) is 5.32 Å². The van der Waals surface area contributed by atoms with Gasteiger partial charge in [0.05, 0.1) is 0 Å². The first-order valence-electron chi connectivity index (χ1n) is 6.90. The maximum atomic E-state index is 12.4. The van der Waals surface area contributed by atoms with Gasteiger partial charge in [-0.25, -0.2) is 0 Å². The van der Waals surface area contributed by atoms with Crippen molar-refractivity contribution in [1.29, 1.82) is 0 Å². The maximum Gasteiger partial charge on any atom is 0.245 e. The summed E-state index contributed by atoms with van der Waals surface area (Å²) in [6.45, 7) is 5.47. The second kappa shape index (κ2) is 3.48. The molecule has 0 aromatic heterocycles. The van der Waals surface area contributed by atoms with Gasteiger partial charge in [0.25, 0.3) is 0 Å². The highest BCUT2D eigenvalue weighted by Gasteiger charge is 2.68. The highest BCUT2D eigenvalue weighted by Crippen LogP contribution is 2.54. The lowest BCUT2D eigenvalue weighted by Crippen LogP contribution is -2.74. The SMILES string of the molecule is CC(C)(C)N1C(=O)C2(CCC3(CC2)C(=O)NC3=O)C1=O. The van der Waals surface area contributed by atoms with E-state index in [9.17, 15) is 19.2 Å². The van der Waals surface area contributed by atoms with Crippen LogP contribution in [-0.2, 0) is 19.2 Å². The van der Waals surface area contributed by atoms with E-state index in [0.29, 0.717) is 25.7 Å². The fraction of sp³-hybridized carbons (Fsp3) is 0.714. The van der Waals surface area contributed by atoms with E-state index >= 15 is 0 Å². The number of amides is 4. The summed E-state index contributed by atoms with van der Waals surface area (Å²) >= 11 is 0. The Bertz CT molecular complexity index is 516. The van der Waals surface area contributed by atoms with Gasteiger partial charge in [0.15, 0.2) is 0 Å². The molecule has 0 aromatic rings. The second-order valence-electron chi connectivity index (χ2n) is 7.06. The molecule has 2 spiro atoms. The predicted molar refractivity (Wildman–Crippen MR) is 68.1 cm³/mol. The molecule has 0 bridgehead atoms. The van der Waals surface area contributed by atoms with Gasteiger partial charge >= 0.3 is 0 Å². The topological polar surface area (TPSA) is 83.6 Å². The lowest BCUT2D eigenvalue weighted by Gasteiger charge is -2.56. The third-order valence-corrected chi connectivity index (χ3v) is 4.95. The van der Waals surface area contributed by atoms with Crippen LogP contribution in [0.2, 0.25) is 0 Å². The number of carbonyl (C=O) groups is 4. The van der Waals surface area contributed by atoms with E-state index in [-0.39, 0.29) is 23.6 Å². The molecule has 1 N–H and O–H groups in total. The minimum atomic E-state index is -0.978. The van der Waals surface area contributed by atoms with Gasteiger partial charge in [-0.15, -0.1) is 0 Å². The molecule has 4 amide bonds. The quantitative estimate of drug-likeness (QED) is 0.512. The molecule has 2 aliphatic heterocycles. The summed E-state index contributed by atoms with van der Waals surface area (Å²) < 4.78 is 0. The number of β-lactam (4-membered cyclic amide) rings is 4. The molecule has 0 radical (unpaired) electrons. The van der Waals surface area contributed by atoms with Crippen molar-refractivity contribution >= 4 is 23.6 Å². The van der Waals surface area contributed by atoms with Gasteiger partial charge in [-0.3, -0.25) is 29.4 Å². The van der Waals surface area contributed by atoms with E-state index < -0.39 is 16.4 Å². The highest BCUT2D eigenvalue weighted by molar-refractivity contribution is 6.24. The first-order chi connectivity index (χ1) is 9.15. The summed E-state index contributed by atoms with van der Waals surface area (Å²) in [6, 6.07) is 0. The Morgan fingerprint density at radius 1 is 0.850 bits per heavy atom. The number of nitrogens with one attached hydrogen (secondary N) is 1. The number of rotatable bonds is 0. The van der Waals surface area contributed by atoms with E-state index in [1.165, 1.54) is 4.90 Å². The number of nitrogens with zero attached hydrogens (tertiary/aromatic N) is 1. The van der Waals surface area contributed by atoms with Crippen LogP contribution in [0.4, 0.5) is 0 Å². The van der Waals surface area contributed by atoms with Gasteiger partial charge < -0.3 is 0 Å². The van der Waals surface area contributed by atoms with Crippen molar-refractivity contribution in [2.75, 3.05) is 0 Å². The van der Waals surface area contributed by atoms with Crippen molar-refractivity contribution in [1.82, 2.24) is 10.2 Å². The smallest absolute Gasteiger partial charge is 0.245 e. The maximum absolute atomic E-state index is 12.4. The lowest BCUT2D eigenvalue weighted by atomic mass is 9.56. The van der Waals surface area contributed by atoms with Crippen LogP contribution in [0.25, 0.3) is 0 Å². The van der Waals surface area contributed by atoms with Crippen LogP contribution < -0.4 is 5.32 Å². The molecule has 0 aromatic carbocycles. The van der Waals surface area contributed by atoms with Crippen molar-refractivity contribution < 1.29 is 19.2 Å². The molecule has 2 heterocycles. The van der Waals surface area contributed by atoms with Crippen molar-refractivity contribution in [3.63, 3.8) is 0 Å². The summed E-state index contributed by atoms with van der Waals surface area (Å²) in [4.78, 5) is 49.3. The van der Waals surface area contributed by atoms with Crippen LogP contribution >= 0.6 is 0 Å². The fourth-order valence-electron chi connectivity index (χ4n) is 3.54. The molecule has 3 aliphatic rings. The Morgan fingerprint density at radius 3 is 1.60 bits per heavy atom. The molecule has 2 saturated heterocycles. The highest BCUT2D eigenvalue weighted by atomic mass is 16.2. The van der Waals surface area contributed by atoms with E-state index in [0.717, 1.165) is 0 Å². The molecule has 0 unspecified atom stereocenters. The van der Waals surface area contributed by atoms with Gasteiger partial charge in [0, 0.05) is 5.54 Å². The molecule has 0 atom stereocenters. The standard InChI is InChI=1S/C14H18N2O4/c1-12(2,3)16-10(19)14(11(16)20)6-4-13(5-7-14)8(17)15-9(13)18/h4-7H2,1-3H3,(H,15,17,18). The number of imide groups is 2. The van der Waals surface area contributed by atoms with Crippen LogP contribution in [0.3, 0.4) is 0 Å².